The lowest BCUT2D eigenvalue weighted by Crippen LogP contribution is -2.39. The fourth-order valence-corrected chi connectivity index (χ4v) is 1.93. The molecule has 2 N–H and O–H groups in total. The molecular weight excluding hydrogens is 296 g/mol. The monoisotopic (exact) mass is 314 g/mol. The maximum Gasteiger partial charge on any atom is 0.266 e. The quantitative estimate of drug-likeness (QED) is 0.791. The van der Waals surface area contributed by atoms with E-state index < -0.39 is 0 Å². The molecule has 7 nitrogen and oxygen atoms in total. The van der Waals surface area contributed by atoms with E-state index in [1.54, 1.807) is 37.3 Å². The third-order valence-electron chi connectivity index (χ3n) is 3.09. The number of hydrogen-bond acceptors (Lipinski definition) is 4. The predicted molar refractivity (Wildman–Crippen MR) is 85.0 cm³/mol. The summed E-state index contributed by atoms with van der Waals surface area (Å²) in [5.74, 6) is -0.632. The van der Waals surface area contributed by atoms with Gasteiger partial charge in [-0.15, -0.1) is 0 Å². The second kappa shape index (κ2) is 7.88. The molecule has 0 bridgehead atoms. The zero-order valence-corrected chi connectivity index (χ0v) is 12.8. The number of amides is 2. The van der Waals surface area contributed by atoms with Crippen molar-refractivity contribution in [2.45, 2.75) is 13.5 Å². The zero-order chi connectivity index (χ0) is 16.7. The minimum absolute atomic E-state index is 0.121. The Morgan fingerprint density at radius 1 is 1.09 bits per heavy atom. The summed E-state index contributed by atoms with van der Waals surface area (Å²) in [5.41, 5.74) is 1.00. The third-order valence-corrected chi connectivity index (χ3v) is 3.09. The van der Waals surface area contributed by atoms with E-state index in [1.165, 1.54) is 10.7 Å². The Hall–Kier alpha value is -2.96. The number of benzene rings is 1. The van der Waals surface area contributed by atoms with Crippen LogP contribution in [-0.4, -0.2) is 34.7 Å². The standard InChI is InChI=1S/C16H18N4O3/c1-12-7-8-15(22)20(19-12)10-9-17-14(21)11-18-16(23)13-5-3-2-4-6-13/h2-8H,9-11H2,1H3,(H,17,21)(H,18,23). The van der Waals surface area contributed by atoms with E-state index in [4.69, 9.17) is 0 Å². The molecule has 0 atom stereocenters. The Morgan fingerprint density at radius 2 is 1.83 bits per heavy atom. The van der Waals surface area contributed by atoms with Crippen molar-refractivity contribution in [3.05, 3.63) is 64.1 Å². The van der Waals surface area contributed by atoms with E-state index >= 15 is 0 Å². The minimum atomic E-state index is -0.324. The molecule has 0 spiro atoms. The molecule has 2 rings (SSSR count). The molecule has 0 aliphatic carbocycles. The molecule has 0 fully saturated rings. The van der Waals surface area contributed by atoms with Gasteiger partial charge in [-0.1, -0.05) is 18.2 Å². The first kappa shape index (κ1) is 16.4. The number of rotatable bonds is 6. The van der Waals surface area contributed by atoms with Gasteiger partial charge in [-0.05, 0) is 25.1 Å². The highest BCUT2D eigenvalue weighted by molar-refractivity contribution is 5.96. The molecule has 2 aromatic rings. The van der Waals surface area contributed by atoms with E-state index in [2.05, 4.69) is 15.7 Å². The molecule has 2 amide bonds. The van der Waals surface area contributed by atoms with Gasteiger partial charge in [0, 0.05) is 18.2 Å². The van der Waals surface area contributed by atoms with Gasteiger partial charge >= 0.3 is 0 Å². The van der Waals surface area contributed by atoms with Crippen molar-refractivity contribution in [1.82, 2.24) is 20.4 Å². The van der Waals surface area contributed by atoms with E-state index in [1.807, 2.05) is 6.07 Å². The summed E-state index contributed by atoms with van der Waals surface area (Å²) in [4.78, 5) is 35.0. The van der Waals surface area contributed by atoms with Crippen molar-refractivity contribution in [2.75, 3.05) is 13.1 Å². The molecule has 0 radical (unpaired) electrons. The van der Waals surface area contributed by atoms with Crippen LogP contribution in [0.15, 0.2) is 47.3 Å². The van der Waals surface area contributed by atoms with E-state index in [0.29, 0.717) is 5.56 Å². The van der Waals surface area contributed by atoms with Crippen molar-refractivity contribution in [2.24, 2.45) is 0 Å². The number of aryl methyl sites for hydroxylation is 1. The normalized spacial score (nSPS) is 10.1. The molecule has 1 aromatic carbocycles. The first-order valence-corrected chi connectivity index (χ1v) is 7.21. The summed E-state index contributed by atoms with van der Waals surface area (Å²) >= 11 is 0. The zero-order valence-electron chi connectivity index (χ0n) is 12.8. The van der Waals surface area contributed by atoms with Gasteiger partial charge in [-0.2, -0.15) is 5.10 Å². The van der Waals surface area contributed by atoms with Crippen LogP contribution in [0.2, 0.25) is 0 Å². The number of carbonyl (C=O) groups is 2. The van der Waals surface area contributed by atoms with Gasteiger partial charge in [0.25, 0.3) is 11.5 Å². The Kier molecular flexibility index (Phi) is 5.62. The van der Waals surface area contributed by atoms with E-state index in [9.17, 15) is 14.4 Å². The molecule has 0 aliphatic rings. The molecule has 0 saturated carbocycles. The molecule has 1 aromatic heterocycles. The van der Waals surface area contributed by atoms with Crippen molar-refractivity contribution in [1.29, 1.82) is 0 Å². The van der Waals surface area contributed by atoms with Crippen molar-refractivity contribution in [3.8, 4) is 0 Å². The summed E-state index contributed by atoms with van der Waals surface area (Å²) in [7, 11) is 0. The van der Waals surface area contributed by atoms with Gasteiger partial charge < -0.3 is 10.6 Å². The Bertz CT molecular complexity index is 740. The lowest BCUT2D eigenvalue weighted by molar-refractivity contribution is -0.120. The fraction of sp³-hybridized carbons (Fsp3) is 0.250. The molecule has 120 valence electrons. The first-order chi connectivity index (χ1) is 11.1. The van der Waals surface area contributed by atoms with Crippen LogP contribution in [0, 0.1) is 6.92 Å². The lowest BCUT2D eigenvalue weighted by atomic mass is 10.2. The van der Waals surface area contributed by atoms with Crippen LogP contribution < -0.4 is 16.2 Å². The second-order valence-corrected chi connectivity index (χ2v) is 4.93. The van der Waals surface area contributed by atoms with Crippen molar-refractivity contribution in [3.63, 3.8) is 0 Å². The fourth-order valence-electron chi connectivity index (χ4n) is 1.93. The SMILES string of the molecule is Cc1ccc(=O)n(CCNC(=O)CNC(=O)c2ccccc2)n1. The molecule has 0 unspecified atom stereocenters. The summed E-state index contributed by atoms with van der Waals surface area (Å²) in [5, 5.41) is 9.23. The van der Waals surface area contributed by atoms with E-state index in [-0.39, 0.29) is 37.0 Å². The van der Waals surface area contributed by atoms with Gasteiger partial charge in [0.2, 0.25) is 5.91 Å². The minimum Gasteiger partial charge on any atom is -0.353 e. The number of hydrogen-bond donors (Lipinski definition) is 2. The highest BCUT2D eigenvalue weighted by Crippen LogP contribution is 1.97. The molecule has 7 heteroatoms. The molecule has 0 saturated heterocycles. The topological polar surface area (TPSA) is 93.1 Å². The number of nitrogens with zero attached hydrogens (tertiary/aromatic N) is 2. The van der Waals surface area contributed by atoms with Gasteiger partial charge in [-0.3, -0.25) is 14.4 Å². The second-order valence-electron chi connectivity index (χ2n) is 4.93. The van der Waals surface area contributed by atoms with Crippen LogP contribution in [0.25, 0.3) is 0 Å². The number of carbonyl (C=O) groups excluding carboxylic acids is 2. The van der Waals surface area contributed by atoms with Gasteiger partial charge in [0.05, 0.1) is 18.8 Å². The average Bonchev–Trinajstić information content (AvgIpc) is 2.56. The molecule has 1 heterocycles. The average molecular weight is 314 g/mol. The van der Waals surface area contributed by atoms with Crippen molar-refractivity contribution >= 4 is 11.8 Å². The maximum atomic E-state index is 11.8. The highest BCUT2D eigenvalue weighted by Gasteiger charge is 2.07. The van der Waals surface area contributed by atoms with Crippen LogP contribution in [0.4, 0.5) is 0 Å². The Morgan fingerprint density at radius 3 is 2.57 bits per heavy atom. The van der Waals surface area contributed by atoms with Gasteiger partial charge in [-0.25, -0.2) is 4.68 Å². The van der Waals surface area contributed by atoms with Crippen LogP contribution in [0.5, 0.6) is 0 Å². The van der Waals surface area contributed by atoms with E-state index in [0.717, 1.165) is 5.69 Å². The summed E-state index contributed by atoms with van der Waals surface area (Å²) in [6.07, 6.45) is 0. The number of nitrogens with one attached hydrogen (secondary N) is 2. The van der Waals surface area contributed by atoms with Gasteiger partial charge in [0.1, 0.15) is 0 Å². The smallest absolute Gasteiger partial charge is 0.266 e. The summed E-state index contributed by atoms with van der Waals surface area (Å²) in [6.45, 7) is 2.20. The summed E-state index contributed by atoms with van der Waals surface area (Å²) in [6, 6.07) is 11.7. The lowest BCUT2D eigenvalue weighted by Gasteiger charge is -2.08. The summed E-state index contributed by atoms with van der Waals surface area (Å²) < 4.78 is 1.29. The van der Waals surface area contributed by atoms with Crippen molar-refractivity contribution < 1.29 is 9.59 Å². The molecular formula is C16H18N4O3. The van der Waals surface area contributed by atoms with Crippen LogP contribution in [-0.2, 0) is 11.3 Å². The largest absolute Gasteiger partial charge is 0.353 e. The Balaban J connectivity index is 1.74. The molecule has 0 aliphatic heterocycles. The third kappa shape index (κ3) is 5.06. The van der Waals surface area contributed by atoms with Crippen LogP contribution in [0.1, 0.15) is 16.1 Å². The first-order valence-electron chi connectivity index (χ1n) is 7.21. The predicted octanol–water partition coefficient (Wildman–Crippen LogP) is 0.0979. The van der Waals surface area contributed by atoms with Gasteiger partial charge in [0.15, 0.2) is 0 Å². The highest BCUT2D eigenvalue weighted by atomic mass is 16.2. The van der Waals surface area contributed by atoms with Crippen LogP contribution in [0.3, 0.4) is 0 Å². The number of aromatic nitrogens is 2. The Labute approximate surface area is 133 Å². The molecule has 23 heavy (non-hydrogen) atoms. The maximum absolute atomic E-state index is 11.8. The van der Waals surface area contributed by atoms with Crippen LogP contribution >= 0.6 is 0 Å².